The molecule has 1 aliphatic carbocycles. The van der Waals surface area contributed by atoms with Gasteiger partial charge < -0.3 is 18.9 Å². The maximum atomic E-state index is 12.4. The fourth-order valence-corrected chi connectivity index (χ4v) is 4.63. The van der Waals surface area contributed by atoms with Gasteiger partial charge in [0.15, 0.2) is 0 Å². The largest absolute Gasteiger partial charge is 0.443 e. The van der Waals surface area contributed by atoms with E-state index in [2.05, 4.69) is 31.8 Å². The van der Waals surface area contributed by atoms with Crippen molar-refractivity contribution >= 4 is 6.09 Å². The fourth-order valence-electron chi connectivity index (χ4n) is 4.63. The Bertz CT molecular complexity index is 723. The van der Waals surface area contributed by atoms with Gasteiger partial charge in [0.2, 0.25) is 0 Å². The van der Waals surface area contributed by atoms with Crippen LogP contribution in [0.15, 0.2) is 30.4 Å². The van der Waals surface area contributed by atoms with Crippen LogP contribution in [0.3, 0.4) is 0 Å². The molecule has 7 heteroatoms. The lowest BCUT2D eigenvalue weighted by atomic mass is 9.68. The SMILES string of the molecule is CO[C@H]1C(C2(C)O[C@@H]2CC=C(C)C)[C@]2(CC[C@H]1OC(=O)n1ccnc1)CO2. The summed E-state index contributed by atoms with van der Waals surface area (Å²) < 4.78 is 25.1. The molecule has 1 spiro atoms. The third kappa shape index (κ3) is 3.32. The first-order valence-corrected chi connectivity index (χ1v) is 9.56. The minimum Gasteiger partial charge on any atom is -0.443 e. The first-order chi connectivity index (χ1) is 12.9. The minimum absolute atomic E-state index is 0.0277. The molecule has 1 aromatic heterocycles. The molecular formula is C20H28N2O5. The zero-order valence-corrected chi connectivity index (χ0v) is 16.4. The van der Waals surface area contributed by atoms with Crippen LogP contribution in [0.1, 0.15) is 40.0 Å². The lowest BCUT2D eigenvalue weighted by Gasteiger charge is -2.42. The normalized spacial score (nSPS) is 39.9. The summed E-state index contributed by atoms with van der Waals surface area (Å²) in [5.74, 6) is 0.0277. The lowest BCUT2D eigenvalue weighted by molar-refractivity contribution is -0.117. The molecule has 3 fully saturated rings. The highest BCUT2D eigenvalue weighted by Crippen LogP contribution is 2.59. The van der Waals surface area contributed by atoms with Crippen molar-refractivity contribution in [1.82, 2.24) is 9.55 Å². The van der Waals surface area contributed by atoms with Crippen LogP contribution in [0.25, 0.3) is 0 Å². The monoisotopic (exact) mass is 376 g/mol. The van der Waals surface area contributed by atoms with Gasteiger partial charge in [-0.3, -0.25) is 0 Å². The van der Waals surface area contributed by atoms with Gasteiger partial charge in [0.05, 0.1) is 18.6 Å². The number of hydrogen-bond acceptors (Lipinski definition) is 6. The molecule has 1 aromatic rings. The van der Waals surface area contributed by atoms with Gasteiger partial charge in [0, 0.05) is 19.5 Å². The van der Waals surface area contributed by atoms with Crippen molar-refractivity contribution in [3.05, 3.63) is 30.4 Å². The molecule has 0 aromatic carbocycles. The molecule has 27 heavy (non-hydrogen) atoms. The number of ether oxygens (including phenoxy) is 4. The second-order valence-electron chi connectivity index (χ2n) is 8.27. The summed E-state index contributed by atoms with van der Waals surface area (Å²) in [4.78, 5) is 16.3. The van der Waals surface area contributed by atoms with E-state index in [-0.39, 0.29) is 35.4 Å². The molecule has 0 amide bonds. The first-order valence-electron chi connectivity index (χ1n) is 9.56. The van der Waals surface area contributed by atoms with E-state index in [1.54, 1.807) is 19.5 Å². The standard InChI is InChI=1S/C20H28N2O5/c1-13(2)5-6-15-19(3,27-15)17-16(24-4)14(7-8-20(17)11-25-20)26-18(23)22-10-9-21-12-22/h5,9-10,12,14-17H,6-8,11H2,1-4H3/t14-,15-,16-,17?,19?,20+/m1/s1. The Labute approximate surface area is 159 Å². The van der Waals surface area contributed by atoms with Gasteiger partial charge >= 0.3 is 6.09 Å². The Morgan fingerprint density at radius 3 is 2.81 bits per heavy atom. The molecule has 0 radical (unpaired) electrons. The Hall–Kier alpha value is -1.70. The number of allylic oxidation sites excluding steroid dienone is 1. The molecule has 2 saturated heterocycles. The number of epoxide rings is 2. The molecule has 6 atom stereocenters. The maximum Gasteiger partial charge on any atom is 0.419 e. The predicted molar refractivity (Wildman–Crippen MR) is 97.4 cm³/mol. The maximum absolute atomic E-state index is 12.4. The van der Waals surface area contributed by atoms with E-state index in [1.165, 1.54) is 16.5 Å². The number of aromatic nitrogens is 2. The summed E-state index contributed by atoms with van der Waals surface area (Å²) in [5, 5.41) is 0. The van der Waals surface area contributed by atoms with Crippen molar-refractivity contribution in [2.75, 3.05) is 13.7 Å². The Morgan fingerprint density at radius 1 is 1.44 bits per heavy atom. The van der Waals surface area contributed by atoms with Crippen LogP contribution in [-0.2, 0) is 18.9 Å². The van der Waals surface area contributed by atoms with E-state index in [9.17, 15) is 4.79 Å². The van der Waals surface area contributed by atoms with E-state index < -0.39 is 6.09 Å². The van der Waals surface area contributed by atoms with Gasteiger partial charge in [-0.15, -0.1) is 0 Å². The van der Waals surface area contributed by atoms with Crippen LogP contribution >= 0.6 is 0 Å². The molecule has 0 N–H and O–H groups in total. The molecule has 2 aliphatic heterocycles. The minimum atomic E-state index is -0.436. The van der Waals surface area contributed by atoms with Gasteiger partial charge in [0.25, 0.3) is 0 Å². The predicted octanol–water partition coefficient (Wildman–Crippen LogP) is 2.94. The highest BCUT2D eigenvalue weighted by atomic mass is 16.6. The second-order valence-corrected chi connectivity index (χ2v) is 8.27. The van der Waals surface area contributed by atoms with Crippen LogP contribution in [0.2, 0.25) is 0 Å². The highest BCUT2D eigenvalue weighted by molar-refractivity contribution is 5.70. The average Bonchev–Trinajstić information content (AvgIpc) is 3.46. The van der Waals surface area contributed by atoms with Gasteiger partial charge in [-0.05, 0) is 40.0 Å². The second kappa shape index (κ2) is 6.72. The average molecular weight is 376 g/mol. The van der Waals surface area contributed by atoms with Crippen LogP contribution in [-0.4, -0.2) is 58.9 Å². The molecular weight excluding hydrogens is 348 g/mol. The zero-order chi connectivity index (χ0) is 19.2. The molecule has 3 aliphatic rings. The summed E-state index contributed by atoms with van der Waals surface area (Å²) in [6.07, 6.45) is 8.31. The first kappa shape index (κ1) is 18.7. The van der Waals surface area contributed by atoms with Crippen LogP contribution in [0.5, 0.6) is 0 Å². The molecule has 4 rings (SSSR count). The van der Waals surface area contributed by atoms with Crippen LogP contribution in [0, 0.1) is 5.92 Å². The number of hydrogen-bond donors (Lipinski definition) is 0. The number of imidazole rings is 1. The van der Waals surface area contributed by atoms with Crippen molar-refractivity contribution in [3.63, 3.8) is 0 Å². The number of carbonyl (C=O) groups excluding carboxylic acids is 1. The number of nitrogens with zero attached hydrogens (tertiary/aromatic N) is 2. The van der Waals surface area contributed by atoms with E-state index in [0.29, 0.717) is 13.0 Å². The van der Waals surface area contributed by atoms with Crippen LogP contribution < -0.4 is 0 Å². The van der Waals surface area contributed by atoms with Crippen molar-refractivity contribution in [2.24, 2.45) is 5.92 Å². The molecule has 2 unspecified atom stereocenters. The van der Waals surface area contributed by atoms with Gasteiger partial charge in [0.1, 0.15) is 29.7 Å². The Morgan fingerprint density at radius 2 is 2.22 bits per heavy atom. The third-order valence-electron chi connectivity index (χ3n) is 6.20. The number of methoxy groups -OCH3 is 1. The molecule has 7 nitrogen and oxygen atoms in total. The van der Waals surface area contributed by atoms with Gasteiger partial charge in [-0.1, -0.05) is 11.6 Å². The number of carbonyl (C=O) groups is 1. The van der Waals surface area contributed by atoms with Crippen LogP contribution in [0.4, 0.5) is 4.79 Å². The number of rotatable bonds is 5. The fraction of sp³-hybridized carbons (Fsp3) is 0.700. The molecule has 148 valence electrons. The Kier molecular flexibility index (Phi) is 4.64. The summed E-state index contributed by atoms with van der Waals surface area (Å²) in [6, 6.07) is 0. The quantitative estimate of drug-likeness (QED) is 0.581. The molecule has 3 heterocycles. The van der Waals surface area contributed by atoms with E-state index in [1.807, 2.05) is 0 Å². The summed E-state index contributed by atoms with van der Waals surface area (Å²) in [6.45, 7) is 7.04. The van der Waals surface area contributed by atoms with E-state index >= 15 is 0 Å². The summed E-state index contributed by atoms with van der Waals surface area (Å²) in [7, 11) is 1.67. The third-order valence-corrected chi connectivity index (χ3v) is 6.20. The molecule has 1 saturated carbocycles. The van der Waals surface area contributed by atoms with Crippen molar-refractivity contribution in [2.45, 2.75) is 69.5 Å². The summed E-state index contributed by atoms with van der Waals surface area (Å²) in [5.41, 5.74) is 0.736. The summed E-state index contributed by atoms with van der Waals surface area (Å²) >= 11 is 0. The van der Waals surface area contributed by atoms with E-state index in [4.69, 9.17) is 18.9 Å². The smallest absolute Gasteiger partial charge is 0.419 e. The van der Waals surface area contributed by atoms with E-state index in [0.717, 1.165) is 12.8 Å². The lowest BCUT2D eigenvalue weighted by Crippen LogP contribution is -2.55. The van der Waals surface area contributed by atoms with Crippen molar-refractivity contribution < 1.29 is 23.7 Å². The van der Waals surface area contributed by atoms with Gasteiger partial charge in [-0.2, -0.15) is 0 Å². The van der Waals surface area contributed by atoms with Crippen molar-refractivity contribution in [3.8, 4) is 0 Å². The zero-order valence-electron chi connectivity index (χ0n) is 16.4. The Balaban J connectivity index is 1.52. The molecule has 0 bridgehead atoms. The van der Waals surface area contributed by atoms with Crippen molar-refractivity contribution in [1.29, 1.82) is 0 Å². The topological polar surface area (TPSA) is 78.4 Å². The van der Waals surface area contributed by atoms with Gasteiger partial charge in [-0.25, -0.2) is 14.3 Å². The highest BCUT2D eigenvalue weighted by Gasteiger charge is 2.72.